The van der Waals surface area contributed by atoms with Crippen molar-refractivity contribution in [2.75, 3.05) is 6.54 Å². The van der Waals surface area contributed by atoms with Gasteiger partial charge in [-0.2, -0.15) is 5.48 Å². The molecule has 2 atom stereocenters. The number of carbonyl (C=O) groups excluding carboxylic acids is 1. The Balaban J connectivity index is 1.51. The second-order valence-electron chi connectivity index (χ2n) is 6.62. The van der Waals surface area contributed by atoms with Gasteiger partial charge < -0.3 is 4.90 Å². The molecule has 132 valence electrons. The Bertz CT molecular complexity index is 805. The maximum absolute atomic E-state index is 13.9. The first-order chi connectivity index (χ1) is 12.0. The van der Waals surface area contributed by atoms with Crippen LogP contribution in [0.5, 0.6) is 0 Å². The molecule has 3 heterocycles. The Kier molecular flexibility index (Phi) is 4.10. The fraction of sp³-hybridized carbons (Fsp3) is 0.389. The van der Waals surface area contributed by atoms with Crippen molar-refractivity contribution in [1.82, 2.24) is 10.4 Å². The fourth-order valence-corrected chi connectivity index (χ4v) is 4.57. The molecule has 0 saturated carbocycles. The van der Waals surface area contributed by atoms with Gasteiger partial charge in [0, 0.05) is 29.8 Å². The van der Waals surface area contributed by atoms with Gasteiger partial charge in [-0.1, -0.05) is 6.07 Å². The Hall–Kier alpha value is -1.83. The molecule has 1 aromatic carbocycles. The van der Waals surface area contributed by atoms with Crippen LogP contribution >= 0.6 is 11.3 Å². The Labute approximate surface area is 148 Å². The Morgan fingerprint density at radius 1 is 1.36 bits per heavy atom. The lowest BCUT2D eigenvalue weighted by Crippen LogP contribution is -2.40. The van der Waals surface area contributed by atoms with Crippen LogP contribution in [-0.2, 0) is 16.2 Å². The van der Waals surface area contributed by atoms with E-state index in [4.69, 9.17) is 4.84 Å². The summed E-state index contributed by atoms with van der Waals surface area (Å²) < 4.78 is 27.7. The van der Waals surface area contributed by atoms with Crippen LogP contribution < -0.4 is 5.48 Å². The third-order valence-electron chi connectivity index (χ3n) is 5.02. The van der Waals surface area contributed by atoms with Gasteiger partial charge in [-0.15, -0.1) is 11.3 Å². The van der Waals surface area contributed by atoms with E-state index in [1.54, 1.807) is 11.3 Å². The highest BCUT2D eigenvalue weighted by Gasteiger charge is 2.54. The van der Waals surface area contributed by atoms with Gasteiger partial charge in [0.25, 0.3) is 5.91 Å². The SMILES string of the molecule is Cc1ccsc1C1C[C@]2(CCN(Cc3c(F)cccc3F)C2=O)ON1. The number of hydrogen-bond acceptors (Lipinski definition) is 4. The lowest BCUT2D eigenvalue weighted by atomic mass is 9.93. The molecule has 0 aliphatic carbocycles. The number of amides is 1. The monoisotopic (exact) mass is 364 g/mol. The van der Waals surface area contributed by atoms with Crippen LogP contribution in [0.25, 0.3) is 0 Å². The second-order valence-corrected chi connectivity index (χ2v) is 7.56. The number of thiophene rings is 1. The molecule has 1 unspecified atom stereocenters. The van der Waals surface area contributed by atoms with E-state index >= 15 is 0 Å². The minimum atomic E-state index is -0.942. The zero-order valence-electron chi connectivity index (χ0n) is 13.7. The number of hydrogen-bond donors (Lipinski definition) is 1. The molecule has 25 heavy (non-hydrogen) atoms. The third kappa shape index (κ3) is 2.76. The minimum absolute atomic E-state index is 0.0332. The molecule has 1 N–H and O–H groups in total. The molecule has 2 saturated heterocycles. The van der Waals surface area contributed by atoms with Crippen molar-refractivity contribution in [3.8, 4) is 0 Å². The van der Waals surface area contributed by atoms with E-state index in [0.717, 1.165) is 4.88 Å². The molecule has 2 aliphatic rings. The highest BCUT2D eigenvalue weighted by atomic mass is 32.1. The zero-order valence-corrected chi connectivity index (χ0v) is 14.5. The number of aryl methyl sites for hydroxylation is 1. The van der Waals surface area contributed by atoms with Crippen molar-refractivity contribution in [1.29, 1.82) is 0 Å². The predicted octanol–water partition coefficient (Wildman–Crippen LogP) is 3.47. The summed E-state index contributed by atoms with van der Waals surface area (Å²) in [5.74, 6) is -1.48. The molecule has 7 heteroatoms. The molecule has 0 bridgehead atoms. The van der Waals surface area contributed by atoms with Gasteiger partial charge in [0.2, 0.25) is 0 Å². The molecule has 0 radical (unpaired) electrons. The Morgan fingerprint density at radius 3 is 2.80 bits per heavy atom. The minimum Gasteiger partial charge on any atom is -0.335 e. The van der Waals surface area contributed by atoms with Gasteiger partial charge in [0.05, 0.1) is 12.6 Å². The number of carbonyl (C=O) groups is 1. The number of halogens is 2. The van der Waals surface area contributed by atoms with Crippen LogP contribution in [0.1, 0.15) is 34.9 Å². The first-order valence-electron chi connectivity index (χ1n) is 8.20. The van der Waals surface area contributed by atoms with Crippen LogP contribution in [0.4, 0.5) is 8.78 Å². The first-order valence-corrected chi connectivity index (χ1v) is 9.08. The summed E-state index contributed by atoms with van der Waals surface area (Å²) >= 11 is 1.63. The van der Waals surface area contributed by atoms with Gasteiger partial charge >= 0.3 is 0 Å². The second kappa shape index (κ2) is 6.16. The summed E-state index contributed by atoms with van der Waals surface area (Å²) in [6.45, 7) is 2.37. The molecular weight excluding hydrogens is 346 g/mol. The Morgan fingerprint density at radius 2 is 2.12 bits per heavy atom. The average molecular weight is 364 g/mol. The van der Waals surface area contributed by atoms with Crippen molar-refractivity contribution in [2.24, 2.45) is 0 Å². The topological polar surface area (TPSA) is 41.6 Å². The highest BCUT2D eigenvalue weighted by Crippen LogP contribution is 2.42. The fourth-order valence-electron chi connectivity index (χ4n) is 3.61. The van der Waals surface area contributed by atoms with Gasteiger partial charge in [0.1, 0.15) is 11.6 Å². The maximum atomic E-state index is 13.9. The van der Waals surface area contributed by atoms with E-state index in [0.29, 0.717) is 19.4 Å². The van der Waals surface area contributed by atoms with Crippen LogP contribution in [0.3, 0.4) is 0 Å². The lowest BCUT2D eigenvalue weighted by molar-refractivity contribution is -0.150. The molecule has 2 aromatic rings. The van der Waals surface area contributed by atoms with Crippen molar-refractivity contribution >= 4 is 17.2 Å². The molecule has 1 spiro atoms. The van der Waals surface area contributed by atoms with Gasteiger partial charge in [-0.05, 0) is 36.1 Å². The summed E-state index contributed by atoms with van der Waals surface area (Å²) in [7, 11) is 0. The zero-order chi connectivity index (χ0) is 17.6. The van der Waals surface area contributed by atoms with Gasteiger partial charge in [0.15, 0.2) is 5.60 Å². The molecular formula is C18H18F2N2O2S. The lowest BCUT2D eigenvalue weighted by Gasteiger charge is -2.21. The smallest absolute Gasteiger partial charge is 0.257 e. The molecule has 1 aromatic heterocycles. The van der Waals surface area contributed by atoms with Crippen LogP contribution in [0.2, 0.25) is 0 Å². The molecule has 2 aliphatic heterocycles. The summed E-state index contributed by atoms with van der Waals surface area (Å²) in [4.78, 5) is 21.2. The number of nitrogens with one attached hydrogen (secondary N) is 1. The quantitative estimate of drug-likeness (QED) is 0.907. The largest absolute Gasteiger partial charge is 0.335 e. The summed E-state index contributed by atoms with van der Waals surface area (Å²) in [5, 5.41) is 2.01. The summed E-state index contributed by atoms with van der Waals surface area (Å²) in [6, 6.07) is 5.74. The molecule has 1 amide bonds. The van der Waals surface area contributed by atoms with E-state index in [2.05, 4.69) is 5.48 Å². The van der Waals surface area contributed by atoms with Gasteiger partial charge in [-0.25, -0.2) is 8.78 Å². The number of benzene rings is 1. The van der Waals surface area contributed by atoms with E-state index in [-0.39, 0.29) is 24.1 Å². The van der Waals surface area contributed by atoms with E-state index in [1.807, 2.05) is 18.4 Å². The van der Waals surface area contributed by atoms with Crippen LogP contribution in [0, 0.1) is 18.6 Å². The van der Waals surface area contributed by atoms with E-state index < -0.39 is 17.2 Å². The first kappa shape index (κ1) is 16.6. The summed E-state index contributed by atoms with van der Waals surface area (Å²) in [5.41, 5.74) is 3.13. The number of hydroxylamine groups is 1. The normalized spacial score (nSPS) is 26.1. The highest BCUT2D eigenvalue weighted by molar-refractivity contribution is 7.10. The number of likely N-dealkylation sites (tertiary alicyclic amines) is 1. The third-order valence-corrected chi connectivity index (χ3v) is 6.15. The summed E-state index contributed by atoms with van der Waals surface area (Å²) in [6.07, 6.45) is 1.04. The number of rotatable bonds is 3. The molecule has 4 nitrogen and oxygen atoms in total. The van der Waals surface area contributed by atoms with E-state index in [9.17, 15) is 13.6 Å². The van der Waals surface area contributed by atoms with Crippen LogP contribution in [-0.4, -0.2) is 23.0 Å². The average Bonchev–Trinajstić information content (AvgIpc) is 3.27. The van der Waals surface area contributed by atoms with Crippen molar-refractivity contribution in [3.63, 3.8) is 0 Å². The van der Waals surface area contributed by atoms with Crippen molar-refractivity contribution < 1.29 is 18.4 Å². The van der Waals surface area contributed by atoms with E-state index in [1.165, 1.54) is 28.7 Å². The van der Waals surface area contributed by atoms with Crippen molar-refractivity contribution in [2.45, 2.75) is 38.0 Å². The van der Waals surface area contributed by atoms with Gasteiger partial charge in [-0.3, -0.25) is 9.63 Å². The van der Waals surface area contributed by atoms with Crippen molar-refractivity contribution in [3.05, 3.63) is 57.3 Å². The predicted molar refractivity (Wildman–Crippen MR) is 89.8 cm³/mol. The molecule has 4 rings (SSSR count). The standard InChI is InChI=1S/C18H18F2N2O2S/c1-11-5-8-25-16(11)15-9-18(24-21-15)6-7-22(17(18)23)10-12-13(19)3-2-4-14(12)20/h2-5,8,15,21H,6-7,9-10H2,1H3/t15?,18-/m0/s1. The number of nitrogens with zero attached hydrogens (tertiary/aromatic N) is 1. The maximum Gasteiger partial charge on any atom is 0.257 e. The molecule has 2 fully saturated rings. The van der Waals surface area contributed by atoms with Crippen LogP contribution in [0.15, 0.2) is 29.6 Å².